The molecule has 0 bridgehead atoms. The molecule has 1 atom stereocenters. The van der Waals surface area contributed by atoms with Crippen molar-refractivity contribution < 1.29 is 14.1 Å². The molecule has 1 fully saturated rings. The van der Waals surface area contributed by atoms with E-state index in [9.17, 15) is 9.59 Å². The zero-order valence-corrected chi connectivity index (χ0v) is 21.0. The van der Waals surface area contributed by atoms with Gasteiger partial charge in [-0.15, -0.1) is 0 Å². The van der Waals surface area contributed by atoms with Crippen molar-refractivity contribution in [2.45, 2.75) is 33.4 Å². The van der Waals surface area contributed by atoms with Crippen LogP contribution in [-0.4, -0.2) is 64.0 Å². The highest BCUT2D eigenvalue weighted by Crippen LogP contribution is 2.19. The van der Waals surface area contributed by atoms with Crippen LogP contribution in [0.5, 0.6) is 0 Å². The van der Waals surface area contributed by atoms with Crippen molar-refractivity contribution in [3.05, 3.63) is 70.6 Å². The lowest BCUT2D eigenvalue weighted by atomic mass is 10.0. The van der Waals surface area contributed by atoms with Crippen molar-refractivity contribution in [1.82, 2.24) is 25.3 Å². The molecule has 1 aliphatic heterocycles. The predicted octanol–water partition coefficient (Wildman–Crippen LogP) is 3.80. The molecule has 3 aromatic rings. The van der Waals surface area contributed by atoms with E-state index in [0.29, 0.717) is 55.0 Å². The van der Waals surface area contributed by atoms with E-state index in [1.54, 1.807) is 29.2 Å². The number of nitrogens with zero attached hydrogens (tertiary/aromatic N) is 4. The van der Waals surface area contributed by atoms with Crippen LogP contribution in [0, 0.1) is 12.8 Å². The lowest BCUT2D eigenvalue weighted by Crippen LogP contribution is -2.56. The number of piperazine rings is 1. The number of nitrogens with one attached hydrogen (secondary N) is 1. The van der Waals surface area contributed by atoms with E-state index in [2.05, 4.69) is 20.4 Å². The van der Waals surface area contributed by atoms with Gasteiger partial charge in [-0.25, -0.2) is 0 Å². The molecule has 0 saturated carbocycles. The van der Waals surface area contributed by atoms with Crippen LogP contribution in [0.4, 0.5) is 0 Å². The highest BCUT2D eigenvalue weighted by atomic mass is 35.5. The normalized spacial score (nSPS) is 15.3. The molecule has 35 heavy (non-hydrogen) atoms. The summed E-state index contributed by atoms with van der Waals surface area (Å²) in [5.41, 5.74) is 2.45. The second-order valence-corrected chi connectivity index (χ2v) is 9.56. The zero-order valence-electron chi connectivity index (χ0n) is 20.2. The van der Waals surface area contributed by atoms with Crippen LogP contribution in [0.15, 0.2) is 53.1 Å². The number of rotatable bonds is 7. The van der Waals surface area contributed by atoms with Crippen LogP contribution >= 0.6 is 11.6 Å². The number of halogens is 1. The lowest BCUT2D eigenvalue weighted by Gasteiger charge is -2.36. The summed E-state index contributed by atoms with van der Waals surface area (Å²) in [5, 5.41) is 7.34. The number of carbonyl (C=O) groups excluding carboxylic acids is 2. The summed E-state index contributed by atoms with van der Waals surface area (Å²) in [7, 11) is 0. The maximum absolute atomic E-state index is 13.3. The summed E-state index contributed by atoms with van der Waals surface area (Å²) >= 11 is 6.16. The Balaban J connectivity index is 1.32. The molecule has 0 radical (unpaired) electrons. The van der Waals surface area contributed by atoms with Crippen molar-refractivity contribution in [3.63, 3.8) is 0 Å². The molecule has 1 aromatic heterocycles. The first-order valence-corrected chi connectivity index (χ1v) is 12.2. The number of benzene rings is 2. The lowest BCUT2D eigenvalue weighted by molar-refractivity contribution is -0.136. The van der Waals surface area contributed by atoms with Crippen molar-refractivity contribution in [1.29, 1.82) is 0 Å². The molecule has 184 valence electrons. The minimum Gasteiger partial charge on any atom is -0.340 e. The minimum absolute atomic E-state index is 0.0643. The number of amides is 2. The Morgan fingerprint density at radius 1 is 1.06 bits per heavy atom. The van der Waals surface area contributed by atoms with Crippen molar-refractivity contribution in [2.75, 3.05) is 26.2 Å². The SMILES string of the molecule is Cc1ccc(-c2noc(CN3CCN(C(=O)C(NC(=O)c4ccccc4Cl)C(C)C)CC3)n2)cc1. The van der Waals surface area contributed by atoms with E-state index in [-0.39, 0.29) is 17.7 Å². The summed E-state index contributed by atoms with van der Waals surface area (Å²) in [6.45, 7) is 8.88. The molecule has 1 unspecified atom stereocenters. The Morgan fingerprint density at radius 3 is 2.40 bits per heavy atom. The Bertz CT molecular complexity index is 1170. The van der Waals surface area contributed by atoms with Gasteiger partial charge in [0, 0.05) is 31.7 Å². The molecular formula is C26H30ClN5O3. The van der Waals surface area contributed by atoms with E-state index in [1.807, 2.05) is 45.0 Å². The van der Waals surface area contributed by atoms with Crippen LogP contribution in [0.2, 0.25) is 5.02 Å². The van der Waals surface area contributed by atoms with Gasteiger partial charge in [0.25, 0.3) is 5.91 Å². The molecular weight excluding hydrogens is 466 g/mol. The maximum atomic E-state index is 13.3. The first-order valence-electron chi connectivity index (χ1n) is 11.8. The average molecular weight is 496 g/mol. The van der Waals surface area contributed by atoms with Gasteiger partial charge in [0.2, 0.25) is 17.6 Å². The summed E-state index contributed by atoms with van der Waals surface area (Å²) in [4.78, 5) is 34.5. The monoisotopic (exact) mass is 495 g/mol. The Hall–Kier alpha value is -3.23. The summed E-state index contributed by atoms with van der Waals surface area (Å²) in [6.07, 6.45) is 0. The van der Waals surface area contributed by atoms with E-state index in [1.165, 1.54) is 5.56 Å². The number of aromatic nitrogens is 2. The van der Waals surface area contributed by atoms with Gasteiger partial charge in [-0.2, -0.15) is 4.98 Å². The first-order chi connectivity index (χ1) is 16.8. The van der Waals surface area contributed by atoms with Crippen LogP contribution in [0.25, 0.3) is 11.4 Å². The van der Waals surface area contributed by atoms with E-state index in [4.69, 9.17) is 16.1 Å². The van der Waals surface area contributed by atoms with Crippen LogP contribution in [-0.2, 0) is 11.3 Å². The molecule has 2 amide bonds. The summed E-state index contributed by atoms with van der Waals surface area (Å²) in [5.74, 6) is 0.627. The molecule has 2 heterocycles. The zero-order chi connectivity index (χ0) is 24.9. The molecule has 1 N–H and O–H groups in total. The third kappa shape index (κ3) is 6.07. The van der Waals surface area contributed by atoms with Gasteiger partial charge in [0.1, 0.15) is 6.04 Å². The van der Waals surface area contributed by atoms with Gasteiger partial charge in [-0.3, -0.25) is 14.5 Å². The number of hydrogen-bond acceptors (Lipinski definition) is 6. The van der Waals surface area contributed by atoms with Crippen molar-refractivity contribution in [3.8, 4) is 11.4 Å². The fourth-order valence-electron chi connectivity index (χ4n) is 4.03. The third-order valence-corrected chi connectivity index (χ3v) is 6.49. The van der Waals surface area contributed by atoms with Crippen molar-refractivity contribution in [2.24, 2.45) is 5.92 Å². The summed E-state index contributed by atoms with van der Waals surface area (Å²) < 4.78 is 5.45. The molecule has 0 spiro atoms. The quantitative estimate of drug-likeness (QED) is 0.536. The molecule has 1 aliphatic rings. The van der Waals surface area contributed by atoms with Crippen LogP contribution in [0.1, 0.15) is 35.7 Å². The first kappa shape index (κ1) is 24.9. The Kier molecular flexibility index (Phi) is 7.83. The van der Waals surface area contributed by atoms with Gasteiger partial charge in [-0.1, -0.05) is 72.6 Å². The standard InChI is InChI=1S/C26H30ClN5O3/c1-17(2)23(29-25(33)20-6-4-5-7-21(20)27)26(34)32-14-12-31(13-15-32)16-22-28-24(30-35-22)19-10-8-18(3)9-11-19/h4-11,17,23H,12-16H2,1-3H3,(H,29,33). The highest BCUT2D eigenvalue weighted by molar-refractivity contribution is 6.33. The van der Waals surface area contributed by atoms with Crippen LogP contribution in [0.3, 0.4) is 0 Å². The Morgan fingerprint density at radius 2 is 1.74 bits per heavy atom. The maximum Gasteiger partial charge on any atom is 0.253 e. The van der Waals surface area contributed by atoms with Gasteiger partial charge in [0.05, 0.1) is 17.1 Å². The van der Waals surface area contributed by atoms with E-state index < -0.39 is 6.04 Å². The van der Waals surface area contributed by atoms with Crippen molar-refractivity contribution >= 4 is 23.4 Å². The fraction of sp³-hybridized carbons (Fsp3) is 0.385. The Labute approximate surface area is 210 Å². The minimum atomic E-state index is -0.627. The number of aryl methyl sites for hydroxylation is 1. The predicted molar refractivity (Wildman–Crippen MR) is 134 cm³/mol. The fourth-order valence-corrected chi connectivity index (χ4v) is 4.25. The average Bonchev–Trinajstić information content (AvgIpc) is 3.31. The second kappa shape index (κ2) is 11.0. The molecule has 0 aliphatic carbocycles. The number of hydrogen-bond donors (Lipinski definition) is 1. The highest BCUT2D eigenvalue weighted by Gasteiger charge is 2.31. The van der Waals surface area contributed by atoms with Crippen LogP contribution < -0.4 is 5.32 Å². The van der Waals surface area contributed by atoms with Gasteiger partial charge in [-0.05, 0) is 25.0 Å². The van der Waals surface area contributed by atoms with Gasteiger partial charge < -0.3 is 14.7 Å². The molecule has 9 heteroatoms. The van der Waals surface area contributed by atoms with E-state index >= 15 is 0 Å². The second-order valence-electron chi connectivity index (χ2n) is 9.15. The van der Waals surface area contributed by atoms with Gasteiger partial charge in [0.15, 0.2) is 0 Å². The molecule has 1 saturated heterocycles. The smallest absolute Gasteiger partial charge is 0.253 e. The topological polar surface area (TPSA) is 91.6 Å². The third-order valence-electron chi connectivity index (χ3n) is 6.16. The van der Waals surface area contributed by atoms with Gasteiger partial charge >= 0.3 is 0 Å². The number of carbonyl (C=O) groups is 2. The molecule has 2 aromatic carbocycles. The summed E-state index contributed by atoms with van der Waals surface area (Å²) in [6, 6.07) is 14.2. The largest absolute Gasteiger partial charge is 0.340 e. The molecule has 8 nitrogen and oxygen atoms in total. The molecule has 4 rings (SSSR count). The van der Waals surface area contributed by atoms with E-state index in [0.717, 1.165) is 5.56 Å².